The lowest BCUT2D eigenvalue weighted by Gasteiger charge is -2.42. The Morgan fingerprint density at radius 1 is 1.71 bits per heavy atom. The molecule has 1 aliphatic rings. The maximum Gasteiger partial charge on any atom is 0.0753 e. The van der Waals surface area contributed by atoms with Gasteiger partial charge < -0.3 is 9.84 Å². The van der Waals surface area contributed by atoms with E-state index in [1.807, 2.05) is 19.3 Å². The molecule has 0 aromatic carbocycles. The van der Waals surface area contributed by atoms with Crippen molar-refractivity contribution in [1.82, 2.24) is 9.78 Å². The normalized spacial score (nSPS) is 31.5. The third kappa shape index (κ3) is 1.81. The van der Waals surface area contributed by atoms with Gasteiger partial charge in [-0.3, -0.25) is 4.68 Å². The summed E-state index contributed by atoms with van der Waals surface area (Å²) >= 11 is 0. The van der Waals surface area contributed by atoms with E-state index in [-0.39, 0.29) is 6.10 Å². The van der Waals surface area contributed by atoms with Gasteiger partial charge in [-0.25, -0.2) is 0 Å². The van der Waals surface area contributed by atoms with Crippen LogP contribution in [0.2, 0.25) is 0 Å². The Morgan fingerprint density at radius 2 is 2.43 bits per heavy atom. The van der Waals surface area contributed by atoms with Crippen LogP contribution in [-0.2, 0) is 18.2 Å². The van der Waals surface area contributed by atoms with E-state index in [4.69, 9.17) is 4.74 Å². The van der Waals surface area contributed by atoms with Crippen molar-refractivity contribution in [3.05, 3.63) is 18.0 Å². The number of nitrogens with zero attached hydrogens (tertiary/aromatic N) is 2. The number of aryl methyl sites for hydroxylation is 1. The van der Waals surface area contributed by atoms with E-state index < -0.39 is 5.60 Å². The molecule has 0 radical (unpaired) electrons. The highest BCUT2D eigenvalue weighted by Crippen LogP contribution is 2.36. The Bertz CT molecular complexity index is 316. The molecule has 0 unspecified atom stereocenters. The zero-order valence-corrected chi connectivity index (χ0v) is 8.60. The van der Waals surface area contributed by atoms with Crippen LogP contribution in [0.1, 0.15) is 18.5 Å². The van der Waals surface area contributed by atoms with Crippen LogP contribution in [0.5, 0.6) is 0 Å². The lowest BCUT2D eigenvalue weighted by atomic mass is 9.74. The maximum atomic E-state index is 10.0. The fourth-order valence-corrected chi connectivity index (χ4v) is 1.99. The lowest BCUT2D eigenvalue weighted by Crippen LogP contribution is -2.49. The molecule has 1 heterocycles. The van der Waals surface area contributed by atoms with Crippen molar-refractivity contribution < 1.29 is 9.84 Å². The summed E-state index contributed by atoms with van der Waals surface area (Å²) in [4.78, 5) is 0. The number of rotatable bonds is 3. The first kappa shape index (κ1) is 9.68. The molecule has 1 aliphatic carbocycles. The van der Waals surface area contributed by atoms with Crippen LogP contribution < -0.4 is 0 Å². The second-order valence-electron chi connectivity index (χ2n) is 4.15. The van der Waals surface area contributed by atoms with Gasteiger partial charge in [0.15, 0.2) is 0 Å². The molecule has 1 aromatic heterocycles. The average Bonchev–Trinajstić information content (AvgIpc) is 2.46. The molecule has 1 N–H and O–H groups in total. The summed E-state index contributed by atoms with van der Waals surface area (Å²) < 4.78 is 6.89. The predicted molar refractivity (Wildman–Crippen MR) is 51.9 cm³/mol. The van der Waals surface area contributed by atoms with Crippen LogP contribution in [-0.4, -0.2) is 33.7 Å². The Hall–Kier alpha value is -0.870. The monoisotopic (exact) mass is 196 g/mol. The van der Waals surface area contributed by atoms with E-state index in [0.29, 0.717) is 6.42 Å². The van der Waals surface area contributed by atoms with E-state index in [1.54, 1.807) is 11.8 Å². The van der Waals surface area contributed by atoms with Crippen molar-refractivity contribution in [2.24, 2.45) is 7.05 Å². The molecule has 14 heavy (non-hydrogen) atoms. The smallest absolute Gasteiger partial charge is 0.0753 e. The SMILES string of the molecule is COC1CC(O)(Cc2ccn(C)n2)C1. The largest absolute Gasteiger partial charge is 0.389 e. The molecular weight excluding hydrogens is 180 g/mol. The van der Waals surface area contributed by atoms with Crippen LogP contribution in [0.15, 0.2) is 12.3 Å². The van der Waals surface area contributed by atoms with Crippen LogP contribution in [0.3, 0.4) is 0 Å². The molecule has 1 fully saturated rings. The molecule has 0 spiro atoms. The molecule has 1 saturated carbocycles. The van der Waals surface area contributed by atoms with Gasteiger partial charge in [0.2, 0.25) is 0 Å². The van der Waals surface area contributed by atoms with Gasteiger partial charge in [0, 0.05) is 39.6 Å². The molecule has 1 aromatic rings. The topological polar surface area (TPSA) is 47.3 Å². The summed E-state index contributed by atoms with van der Waals surface area (Å²) in [5.74, 6) is 0. The number of aromatic nitrogens is 2. The standard InChI is InChI=1S/C10H16N2O2/c1-12-4-3-8(11-12)5-10(13)6-9(7-10)14-2/h3-4,9,13H,5-7H2,1-2H3. The second kappa shape index (κ2) is 3.37. The van der Waals surface area contributed by atoms with Gasteiger partial charge in [0.1, 0.15) is 0 Å². The molecule has 0 bridgehead atoms. The summed E-state index contributed by atoms with van der Waals surface area (Å²) in [6.07, 6.45) is 4.20. The molecule has 0 aliphatic heterocycles. The van der Waals surface area contributed by atoms with Gasteiger partial charge in [-0.2, -0.15) is 5.10 Å². The summed E-state index contributed by atoms with van der Waals surface area (Å²) in [6.45, 7) is 0. The highest BCUT2D eigenvalue weighted by Gasteiger charge is 2.43. The first-order valence-corrected chi connectivity index (χ1v) is 4.85. The Kier molecular flexibility index (Phi) is 2.33. The van der Waals surface area contributed by atoms with Gasteiger partial charge >= 0.3 is 0 Å². The van der Waals surface area contributed by atoms with Crippen LogP contribution in [0.4, 0.5) is 0 Å². The molecular formula is C10H16N2O2. The van der Waals surface area contributed by atoms with Gasteiger partial charge in [0.25, 0.3) is 0 Å². The summed E-state index contributed by atoms with van der Waals surface area (Å²) in [5, 5.41) is 14.3. The summed E-state index contributed by atoms with van der Waals surface area (Å²) in [5.41, 5.74) is 0.360. The van der Waals surface area contributed by atoms with E-state index in [2.05, 4.69) is 5.10 Å². The van der Waals surface area contributed by atoms with Gasteiger partial charge in [-0.15, -0.1) is 0 Å². The molecule has 2 rings (SSSR count). The highest BCUT2D eigenvalue weighted by molar-refractivity contribution is 5.08. The van der Waals surface area contributed by atoms with Crippen molar-refractivity contribution in [1.29, 1.82) is 0 Å². The number of hydrogen-bond donors (Lipinski definition) is 1. The van der Waals surface area contributed by atoms with E-state index in [1.165, 1.54) is 0 Å². The number of ether oxygens (including phenoxy) is 1. The molecule has 0 atom stereocenters. The van der Waals surface area contributed by atoms with E-state index >= 15 is 0 Å². The molecule has 0 amide bonds. The van der Waals surface area contributed by atoms with Crippen molar-refractivity contribution in [2.75, 3.05) is 7.11 Å². The minimum absolute atomic E-state index is 0.226. The third-order valence-electron chi connectivity index (χ3n) is 2.83. The quantitative estimate of drug-likeness (QED) is 0.766. The summed E-state index contributed by atoms with van der Waals surface area (Å²) in [6, 6.07) is 1.94. The maximum absolute atomic E-state index is 10.0. The van der Waals surface area contributed by atoms with Crippen molar-refractivity contribution in [3.8, 4) is 0 Å². The van der Waals surface area contributed by atoms with Crippen molar-refractivity contribution in [2.45, 2.75) is 31.0 Å². The number of methoxy groups -OCH3 is 1. The third-order valence-corrected chi connectivity index (χ3v) is 2.83. The molecule has 0 saturated heterocycles. The van der Waals surface area contributed by atoms with Gasteiger partial charge in [-0.1, -0.05) is 0 Å². The summed E-state index contributed by atoms with van der Waals surface area (Å²) in [7, 11) is 3.57. The zero-order valence-electron chi connectivity index (χ0n) is 8.60. The fourth-order valence-electron chi connectivity index (χ4n) is 1.99. The minimum atomic E-state index is -0.588. The number of hydrogen-bond acceptors (Lipinski definition) is 3. The first-order chi connectivity index (χ1) is 6.61. The molecule has 4 nitrogen and oxygen atoms in total. The van der Waals surface area contributed by atoms with Crippen molar-refractivity contribution in [3.63, 3.8) is 0 Å². The second-order valence-corrected chi connectivity index (χ2v) is 4.15. The van der Waals surface area contributed by atoms with Crippen LogP contribution >= 0.6 is 0 Å². The van der Waals surface area contributed by atoms with E-state index in [9.17, 15) is 5.11 Å². The number of aliphatic hydroxyl groups is 1. The fraction of sp³-hybridized carbons (Fsp3) is 0.700. The van der Waals surface area contributed by atoms with Crippen LogP contribution in [0.25, 0.3) is 0 Å². The Balaban J connectivity index is 1.93. The zero-order chi connectivity index (χ0) is 10.2. The molecule has 4 heteroatoms. The van der Waals surface area contributed by atoms with E-state index in [0.717, 1.165) is 18.5 Å². The van der Waals surface area contributed by atoms with Crippen LogP contribution in [0, 0.1) is 0 Å². The lowest BCUT2D eigenvalue weighted by molar-refractivity contribution is -0.126. The first-order valence-electron chi connectivity index (χ1n) is 4.85. The van der Waals surface area contributed by atoms with Crippen molar-refractivity contribution >= 4 is 0 Å². The predicted octanol–water partition coefficient (Wildman–Crippen LogP) is 0.503. The molecule has 78 valence electrons. The average molecular weight is 196 g/mol. The highest BCUT2D eigenvalue weighted by atomic mass is 16.5. The van der Waals surface area contributed by atoms with Gasteiger partial charge in [0.05, 0.1) is 17.4 Å². The Morgan fingerprint density at radius 3 is 2.93 bits per heavy atom. The Labute approximate surface area is 83.5 Å². The minimum Gasteiger partial charge on any atom is -0.389 e. The van der Waals surface area contributed by atoms with Gasteiger partial charge in [-0.05, 0) is 6.07 Å².